The Morgan fingerprint density at radius 1 is 1.06 bits per heavy atom. The summed E-state index contributed by atoms with van der Waals surface area (Å²) in [4.78, 5) is 23.8. The lowest BCUT2D eigenvalue weighted by Gasteiger charge is -2.40. The van der Waals surface area contributed by atoms with Gasteiger partial charge in [0.15, 0.2) is 0 Å². The fraction of sp³-hybridized carbons (Fsp3) is 0.846. The van der Waals surface area contributed by atoms with Gasteiger partial charge in [0.2, 0.25) is 0 Å². The molecule has 2 aliphatic carbocycles. The summed E-state index contributed by atoms with van der Waals surface area (Å²) in [6.45, 7) is 2.92. The second-order valence-corrected chi connectivity index (χ2v) is 5.67. The predicted molar refractivity (Wildman–Crippen MR) is 60.1 cm³/mol. The van der Waals surface area contributed by atoms with Gasteiger partial charge in [-0.2, -0.15) is 0 Å². The van der Waals surface area contributed by atoms with Crippen molar-refractivity contribution < 1.29 is 14.3 Å². The predicted octanol–water partition coefficient (Wildman–Crippen LogP) is 2.13. The number of rotatable bonds is 2. The first kappa shape index (κ1) is 11.8. The van der Waals surface area contributed by atoms with Crippen LogP contribution in [0, 0.1) is 10.8 Å². The number of hydrogen-bond donors (Lipinski definition) is 0. The highest BCUT2D eigenvalue weighted by atomic mass is 16.5. The summed E-state index contributed by atoms with van der Waals surface area (Å²) < 4.78 is 5.22. The minimum absolute atomic E-state index is 0.156. The monoisotopic (exact) mass is 224 g/mol. The van der Waals surface area contributed by atoms with Crippen LogP contribution in [0.3, 0.4) is 0 Å². The molecule has 2 fully saturated rings. The third kappa shape index (κ3) is 1.71. The molecule has 0 atom stereocenters. The summed E-state index contributed by atoms with van der Waals surface area (Å²) >= 11 is 0. The van der Waals surface area contributed by atoms with Crippen LogP contribution in [-0.2, 0) is 14.3 Å². The first-order chi connectivity index (χ1) is 7.52. The molecule has 0 aromatic heterocycles. The molecule has 0 radical (unpaired) electrons. The summed E-state index contributed by atoms with van der Waals surface area (Å²) in [5.74, 6) is 0.383. The molecule has 1 spiro atoms. The molecule has 16 heavy (non-hydrogen) atoms. The van der Waals surface area contributed by atoms with Gasteiger partial charge in [0.05, 0.1) is 12.0 Å². The van der Waals surface area contributed by atoms with Gasteiger partial charge in [-0.1, -0.05) is 6.92 Å². The molecule has 0 aromatic rings. The number of ketones is 2. The molecule has 2 saturated carbocycles. The van der Waals surface area contributed by atoms with Gasteiger partial charge in [-0.05, 0) is 31.1 Å². The normalized spacial score (nSPS) is 27.6. The van der Waals surface area contributed by atoms with Gasteiger partial charge in [-0.25, -0.2) is 0 Å². The Kier molecular flexibility index (Phi) is 2.91. The lowest BCUT2D eigenvalue weighted by molar-refractivity contribution is -0.139. The van der Waals surface area contributed by atoms with Crippen molar-refractivity contribution >= 4 is 11.6 Å². The van der Waals surface area contributed by atoms with Crippen molar-refractivity contribution in [3.05, 3.63) is 0 Å². The van der Waals surface area contributed by atoms with Gasteiger partial charge in [0, 0.05) is 20.0 Å². The smallest absolute Gasteiger partial charge is 0.146 e. The number of methoxy groups -OCH3 is 1. The number of ether oxygens (including phenoxy) is 1. The van der Waals surface area contributed by atoms with E-state index in [-0.39, 0.29) is 17.0 Å². The fourth-order valence-electron chi connectivity index (χ4n) is 3.19. The van der Waals surface area contributed by atoms with E-state index in [2.05, 4.69) is 6.92 Å². The molecular formula is C13H20O3. The van der Waals surface area contributed by atoms with Crippen molar-refractivity contribution in [3.8, 4) is 0 Å². The van der Waals surface area contributed by atoms with Gasteiger partial charge in [0.25, 0.3) is 0 Å². The average Bonchev–Trinajstić information content (AvgIpc) is 2.52. The fourth-order valence-corrected chi connectivity index (χ4v) is 3.19. The average molecular weight is 224 g/mol. The zero-order chi connectivity index (χ0) is 11.8. The van der Waals surface area contributed by atoms with Gasteiger partial charge < -0.3 is 4.74 Å². The van der Waals surface area contributed by atoms with Gasteiger partial charge in [0.1, 0.15) is 11.6 Å². The van der Waals surface area contributed by atoms with E-state index >= 15 is 0 Å². The van der Waals surface area contributed by atoms with Crippen molar-refractivity contribution in [2.75, 3.05) is 13.7 Å². The standard InChI is InChI=1S/C13H20O3/c1-12(9-16-2)5-7-13(8-6-12)10(14)3-4-11(13)15/h3-9H2,1-2H3. The Morgan fingerprint density at radius 3 is 2.00 bits per heavy atom. The maximum atomic E-state index is 11.9. The molecule has 0 saturated heterocycles. The number of carbonyl (C=O) groups excluding carboxylic acids is 2. The molecule has 0 N–H and O–H groups in total. The molecule has 0 aromatic carbocycles. The van der Waals surface area contributed by atoms with Crippen LogP contribution in [0.25, 0.3) is 0 Å². The highest BCUT2D eigenvalue weighted by Crippen LogP contribution is 2.50. The molecular weight excluding hydrogens is 204 g/mol. The minimum Gasteiger partial charge on any atom is -0.384 e. The highest BCUT2D eigenvalue weighted by Gasteiger charge is 2.52. The Balaban J connectivity index is 2.09. The van der Waals surface area contributed by atoms with E-state index < -0.39 is 5.41 Å². The van der Waals surface area contributed by atoms with Crippen LogP contribution in [0.5, 0.6) is 0 Å². The first-order valence-electron chi connectivity index (χ1n) is 6.08. The Bertz CT molecular complexity index is 293. The van der Waals surface area contributed by atoms with E-state index in [9.17, 15) is 9.59 Å². The quantitative estimate of drug-likeness (QED) is 0.675. The second kappa shape index (κ2) is 3.95. The maximum absolute atomic E-state index is 11.9. The van der Waals surface area contributed by atoms with Gasteiger partial charge >= 0.3 is 0 Å². The topological polar surface area (TPSA) is 43.4 Å². The Labute approximate surface area is 96.5 Å². The molecule has 3 nitrogen and oxygen atoms in total. The molecule has 0 heterocycles. The van der Waals surface area contributed by atoms with Crippen LogP contribution < -0.4 is 0 Å². The minimum atomic E-state index is -0.590. The number of Topliss-reactive ketones (excluding diaryl/α,β-unsaturated/α-hetero) is 2. The van der Waals surface area contributed by atoms with Crippen LogP contribution in [-0.4, -0.2) is 25.3 Å². The lowest BCUT2D eigenvalue weighted by atomic mass is 9.63. The first-order valence-corrected chi connectivity index (χ1v) is 6.08. The van der Waals surface area contributed by atoms with Crippen molar-refractivity contribution in [3.63, 3.8) is 0 Å². The molecule has 2 rings (SSSR count). The van der Waals surface area contributed by atoms with Gasteiger partial charge in [-0.15, -0.1) is 0 Å². The molecule has 0 unspecified atom stereocenters. The Hall–Kier alpha value is -0.700. The molecule has 3 heteroatoms. The molecule has 0 aliphatic heterocycles. The zero-order valence-corrected chi connectivity index (χ0v) is 10.2. The Morgan fingerprint density at radius 2 is 1.56 bits per heavy atom. The van der Waals surface area contributed by atoms with Crippen LogP contribution >= 0.6 is 0 Å². The van der Waals surface area contributed by atoms with E-state index in [4.69, 9.17) is 4.74 Å². The second-order valence-electron chi connectivity index (χ2n) is 5.67. The lowest BCUT2D eigenvalue weighted by Crippen LogP contribution is -2.41. The molecule has 0 bridgehead atoms. The van der Waals surface area contributed by atoms with Crippen molar-refractivity contribution in [1.29, 1.82) is 0 Å². The SMILES string of the molecule is COCC1(C)CCC2(CC1)C(=O)CCC2=O. The van der Waals surface area contributed by atoms with Crippen molar-refractivity contribution in [2.24, 2.45) is 10.8 Å². The third-order valence-corrected chi connectivity index (χ3v) is 4.45. The molecule has 2 aliphatic rings. The summed E-state index contributed by atoms with van der Waals surface area (Å²) in [6, 6.07) is 0. The van der Waals surface area contributed by atoms with Crippen LogP contribution in [0.2, 0.25) is 0 Å². The summed E-state index contributed by atoms with van der Waals surface area (Å²) in [7, 11) is 1.71. The van der Waals surface area contributed by atoms with Crippen molar-refractivity contribution in [1.82, 2.24) is 0 Å². The molecule has 0 amide bonds. The highest BCUT2D eigenvalue weighted by molar-refractivity contribution is 6.12. The number of carbonyl (C=O) groups is 2. The van der Waals surface area contributed by atoms with Crippen molar-refractivity contribution in [2.45, 2.75) is 45.4 Å². The maximum Gasteiger partial charge on any atom is 0.146 e. The number of hydrogen-bond acceptors (Lipinski definition) is 3. The van der Waals surface area contributed by atoms with E-state index in [1.165, 1.54) is 0 Å². The third-order valence-electron chi connectivity index (χ3n) is 4.45. The summed E-state index contributed by atoms with van der Waals surface area (Å²) in [6.07, 6.45) is 4.28. The van der Waals surface area contributed by atoms with Crippen LogP contribution in [0.1, 0.15) is 45.4 Å². The van der Waals surface area contributed by atoms with E-state index in [1.807, 2.05) is 0 Å². The largest absolute Gasteiger partial charge is 0.384 e. The summed E-state index contributed by atoms with van der Waals surface area (Å²) in [5, 5.41) is 0. The van der Waals surface area contributed by atoms with E-state index in [0.29, 0.717) is 12.8 Å². The van der Waals surface area contributed by atoms with Crippen LogP contribution in [0.15, 0.2) is 0 Å². The zero-order valence-electron chi connectivity index (χ0n) is 10.2. The van der Waals surface area contributed by atoms with E-state index in [0.717, 1.165) is 32.3 Å². The van der Waals surface area contributed by atoms with E-state index in [1.54, 1.807) is 7.11 Å². The summed E-state index contributed by atoms with van der Waals surface area (Å²) in [5.41, 5.74) is -0.434. The van der Waals surface area contributed by atoms with Crippen LogP contribution in [0.4, 0.5) is 0 Å². The molecule has 90 valence electrons. The van der Waals surface area contributed by atoms with Gasteiger partial charge in [-0.3, -0.25) is 9.59 Å².